The summed E-state index contributed by atoms with van der Waals surface area (Å²) < 4.78 is 14.1. The minimum Gasteiger partial charge on any atom is -0.344 e. The Labute approximate surface area is 140 Å². The fourth-order valence-electron chi connectivity index (χ4n) is 4.00. The molecule has 0 bridgehead atoms. The molecule has 1 aliphatic heterocycles. The first kappa shape index (κ1) is 15.1. The molecule has 2 aromatic rings. The number of halogens is 1. The molecule has 1 saturated carbocycles. The third-order valence-electron chi connectivity index (χ3n) is 4.90. The lowest BCUT2D eigenvalue weighted by molar-refractivity contribution is -0.156. The fourth-order valence-corrected chi connectivity index (χ4v) is 4.28. The zero-order valence-electron chi connectivity index (χ0n) is 13.5. The average molecular weight is 334 g/mol. The van der Waals surface area contributed by atoms with Crippen molar-refractivity contribution in [2.75, 3.05) is 0 Å². The summed E-state index contributed by atoms with van der Waals surface area (Å²) in [6.45, 7) is 7.88. The number of hydrogen-bond donors (Lipinski definition) is 0. The van der Waals surface area contributed by atoms with Crippen LogP contribution in [0.5, 0.6) is 0 Å². The van der Waals surface area contributed by atoms with Gasteiger partial charge >= 0.3 is 0 Å². The van der Waals surface area contributed by atoms with Gasteiger partial charge in [-0.25, -0.2) is 4.98 Å². The zero-order chi connectivity index (χ0) is 16.4. The first-order chi connectivity index (χ1) is 10.9. The molecule has 0 aromatic carbocycles. The van der Waals surface area contributed by atoms with Gasteiger partial charge in [0, 0.05) is 30.5 Å². The number of rotatable bonds is 2. The molecule has 0 spiro atoms. The van der Waals surface area contributed by atoms with Gasteiger partial charge in [-0.15, -0.1) is 6.58 Å². The highest BCUT2D eigenvalue weighted by molar-refractivity contribution is 6.33. The maximum atomic E-state index is 6.25. The van der Waals surface area contributed by atoms with Gasteiger partial charge in [-0.3, -0.25) is 4.68 Å². The van der Waals surface area contributed by atoms with Crippen LogP contribution in [0.2, 0.25) is 5.15 Å². The molecule has 1 aliphatic carbocycles. The van der Waals surface area contributed by atoms with E-state index in [0.29, 0.717) is 5.15 Å². The van der Waals surface area contributed by atoms with Crippen LogP contribution in [0.25, 0.3) is 10.9 Å². The molecule has 2 fully saturated rings. The molecule has 3 heterocycles. The van der Waals surface area contributed by atoms with Crippen LogP contribution in [-0.2, 0) is 16.5 Å². The molecule has 1 saturated heterocycles. The summed E-state index contributed by atoms with van der Waals surface area (Å²) in [6, 6.07) is 1.97. The fraction of sp³-hybridized carbons (Fsp3) is 0.529. The normalized spacial score (nSPS) is 32.3. The molecule has 4 rings (SSSR count). The molecule has 5 nitrogen and oxygen atoms in total. The lowest BCUT2D eigenvalue weighted by atomic mass is 9.97. The summed E-state index contributed by atoms with van der Waals surface area (Å²) in [5.41, 5.74) is 1.87. The molecule has 4 atom stereocenters. The van der Waals surface area contributed by atoms with E-state index in [2.05, 4.69) is 11.6 Å². The molecular formula is C17H20ClN3O2. The van der Waals surface area contributed by atoms with E-state index in [1.54, 1.807) is 10.9 Å². The second-order valence-electron chi connectivity index (χ2n) is 6.81. The highest BCUT2D eigenvalue weighted by Gasteiger charge is 2.54. The van der Waals surface area contributed by atoms with Gasteiger partial charge < -0.3 is 9.47 Å². The van der Waals surface area contributed by atoms with E-state index in [1.807, 2.05) is 33.0 Å². The first-order valence-corrected chi connectivity index (χ1v) is 8.24. The van der Waals surface area contributed by atoms with Crippen LogP contribution in [0.4, 0.5) is 0 Å². The number of ether oxygens (including phenoxy) is 2. The van der Waals surface area contributed by atoms with Gasteiger partial charge in [0.2, 0.25) is 0 Å². The zero-order valence-corrected chi connectivity index (χ0v) is 14.2. The Balaban J connectivity index is 1.82. The van der Waals surface area contributed by atoms with Gasteiger partial charge in [-0.05, 0) is 26.3 Å². The Morgan fingerprint density at radius 3 is 2.87 bits per heavy atom. The Bertz CT molecular complexity index is 785. The first-order valence-electron chi connectivity index (χ1n) is 7.86. The molecule has 23 heavy (non-hydrogen) atoms. The molecule has 0 radical (unpaired) electrons. The summed E-state index contributed by atoms with van der Waals surface area (Å²) in [4.78, 5) is 4.16. The van der Waals surface area contributed by atoms with Crippen LogP contribution in [0.15, 0.2) is 24.9 Å². The van der Waals surface area contributed by atoms with E-state index in [4.69, 9.17) is 26.2 Å². The second kappa shape index (κ2) is 5.03. The highest BCUT2D eigenvalue weighted by Crippen LogP contribution is 2.50. The topological polar surface area (TPSA) is 49.2 Å². The van der Waals surface area contributed by atoms with E-state index >= 15 is 0 Å². The molecular weight excluding hydrogens is 314 g/mol. The van der Waals surface area contributed by atoms with Gasteiger partial charge in [-0.2, -0.15) is 5.10 Å². The predicted octanol–water partition coefficient (Wildman–Crippen LogP) is 3.43. The number of aryl methyl sites for hydroxylation is 1. The van der Waals surface area contributed by atoms with Crippen LogP contribution >= 0.6 is 11.6 Å². The van der Waals surface area contributed by atoms with Crippen LogP contribution in [0.3, 0.4) is 0 Å². The Morgan fingerprint density at radius 1 is 1.39 bits per heavy atom. The average Bonchev–Trinajstić information content (AvgIpc) is 3.08. The van der Waals surface area contributed by atoms with E-state index in [9.17, 15) is 0 Å². The molecule has 122 valence electrons. The Hall–Kier alpha value is -1.43. The van der Waals surface area contributed by atoms with E-state index in [0.717, 1.165) is 23.0 Å². The van der Waals surface area contributed by atoms with E-state index < -0.39 is 5.79 Å². The quantitative estimate of drug-likeness (QED) is 0.624. The van der Waals surface area contributed by atoms with Crippen molar-refractivity contribution in [3.63, 3.8) is 0 Å². The summed E-state index contributed by atoms with van der Waals surface area (Å²) >= 11 is 6.25. The number of nitrogens with zero attached hydrogens (tertiary/aromatic N) is 3. The largest absolute Gasteiger partial charge is 0.344 e. The van der Waals surface area contributed by atoms with Crippen molar-refractivity contribution < 1.29 is 9.47 Å². The van der Waals surface area contributed by atoms with Crippen molar-refractivity contribution >= 4 is 22.5 Å². The van der Waals surface area contributed by atoms with Crippen molar-refractivity contribution in [1.29, 1.82) is 0 Å². The lowest BCUT2D eigenvalue weighted by Gasteiger charge is -2.22. The molecule has 2 aliphatic rings. The van der Waals surface area contributed by atoms with Gasteiger partial charge in [0.25, 0.3) is 0 Å². The highest BCUT2D eigenvalue weighted by atomic mass is 35.5. The summed E-state index contributed by atoms with van der Waals surface area (Å²) in [6.07, 6.45) is 4.63. The predicted molar refractivity (Wildman–Crippen MR) is 88.4 cm³/mol. The van der Waals surface area contributed by atoms with Crippen molar-refractivity contribution in [3.8, 4) is 0 Å². The third kappa shape index (κ3) is 2.22. The lowest BCUT2D eigenvalue weighted by Crippen LogP contribution is -2.24. The van der Waals surface area contributed by atoms with E-state index in [1.165, 1.54) is 0 Å². The number of aromatic nitrogens is 3. The van der Waals surface area contributed by atoms with Crippen LogP contribution in [0, 0.1) is 5.92 Å². The van der Waals surface area contributed by atoms with Crippen LogP contribution < -0.4 is 0 Å². The molecule has 0 amide bonds. The molecule has 0 unspecified atom stereocenters. The number of pyridine rings is 1. The number of fused-ring (bicyclic) bond motifs is 2. The van der Waals surface area contributed by atoms with Crippen molar-refractivity contribution in [1.82, 2.24) is 14.8 Å². The Kier molecular flexibility index (Phi) is 3.31. The van der Waals surface area contributed by atoms with Crippen molar-refractivity contribution in [2.45, 2.75) is 44.2 Å². The van der Waals surface area contributed by atoms with Gasteiger partial charge in [0.05, 0.1) is 17.9 Å². The van der Waals surface area contributed by atoms with Gasteiger partial charge in [-0.1, -0.05) is 17.7 Å². The summed E-state index contributed by atoms with van der Waals surface area (Å²) in [5.74, 6) is -0.146. The van der Waals surface area contributed by atoms with E-state index in [-0.39, 0.29) is 24.0 Å². The third-order valence-corrected chi connectivity index (χ3v) is 5.18. The molecule has 6 heteroatoms. The Morgan fingerprint density at radius 2 is 2.13 bits per heavy atom. The minimum atomic E-state index is -0.570. The smallest absolute Gasteiger partial charge is 0.163 e. The second-order valence-corrected chi connectivity index (χ2v) is 7.17. The van der Waals surface area contributed by atoms with Crippen LogP contribution in [-0.4, -0.2) is 32.8 Å². The monoisotopic (exact) mass is 333 g/mol. The molecule has 2 aromatic heterocycles. The maximum Gasteiger partial charge on any atom is 0.163 e. The summed E-state index contributed by atoms with van der Waals surface area (Å²) in [5, 5.41) is 6.24. The standard InChI is InChI=1S/C17H20ClN3O2/c1-5-9-8-11(15-14(9)22-17(2,3)23-15)12-10-6-7-19-16(18)13(10)21(4)20-12/h5-7,9,11,14-15H,1,8H2,2-4H3/t9-,11-,14+,15-/m0/s1. The maximum absolute atomic E-state index is 6.25. The number of hydrogen-bond acceptors (Lipinski definition) is 4. The SMILES string of the molecule is C=C[C@H]1C[C@@H](c2nn(C)c3c(Cl)nccc23)[C@@H]2OC(C)(C)O[C@@H]21. The van der Waals surface area contributed by atoms with Gasteiger partial charge in [0.1, 0.15) is 5.52 Å². The molecule has 0 N–H and O–H groups in total. The minimum absolute atomic E-state index is 0.0157. The van der Waals surface area contributed by atoms with Crippen molar-refractivity contribution in [3.05, 3.63) is 35.8 Å². The van der Waals surface area contributed by atoms with Crippen molar-refractivity contribution in [2.24, 2.45) is 13.0 Å². The van der Waals surface area contributed by atoms with Gasteiger partial charge in [0.15, 0.2) is 10.9 Å². The van der Waals surface area contributed by atoms with Crippen LogP contribution in [0.1, 0.15) is 31.9 Å². The summed E-state index contributed by atoms with van der Waals surface area (Å²) in [7, 11) is 1.90.